The zero-order chi connectivity index (χ0) is 9.68. The van der Waals surface area contributed by atoms with Crippen LogP contribution in [0.4, 0.5) is 0 Å². The van der Waals surface area contributed by atoms with Crippen LogP contribution in [0.15, 0.2) is 24.4 Å². The molecule has 0 saturated heterocycles. The Hall–Kier alpha value is -0.850. The maximum Gasteiger partial charge on any atom is 0.180 e. The van der Waals surface area contributed by atoms with Crippen LogP contribution in [0.5, 0.6) is 0 Å². The van der Waals surface area contributed by atoms with E-state index in [2.05, 4.69) is 43.5 Å². The third-order valence-electron chi connectivity index (χ3n) is 2.65. The molecule has 0 bridgehead atoms. The van der Waals surface area contributed by atoms with Crippen LogP contribution in [0.25, 0.3) is 0 Å². The lowest BCUT2D eigenvalue weighted by atomic mass is 9.96. The topological polar surface area (TPSA) is 3.01 Å². The molecule has 13 heavy (non-hydrogen) atoms. The van der Waals surface area contributed by atoms with E-state index in [1.807, 2.05) is 0 Å². The second-order valence-corrected chi connectivity index (χ2v) is 3.74. The van der Waals surface area contributed by atoms with E-state index in [-0.39, 0.29) is 0 Å². The Kier molecular flexibility index (Phi) is 3.94. The lowest BCUT2D eigenvalue weighted by Gasteiger charge is -2.13. The largest absolute Gasteiger partial charge is 0.205 e. The number of nitrogens with zero attached hydrogens (tertiary/aromatic N) is 1. The third kappa shape index (κ3) is 2.83. The maximum absolute atomic E-state index is 4.10. The average molecular weight is 178 g/mol. The van der Waals surface area contributed by atoms with Gasteiger partial charge >= 0.3 is 0 Å². The summed E-state index contributed by atoms with van der Waals surface area (Å²) in [6.45, 7) is 6.34. The minimum atomic E-state index is 0.571. The van der Waals surface area contributed by atoms with Gasteiger partial charge in [0.2, 0.25) is 0 Å². The van der Waals surface area contributed by atoms with Crippen LogP contribution < -0.4 is 0 Å². The van der Waals surface area contributed by atoms with Gasteiger partial charge < -0.3 is 0 Å². The molecule has 0 aromatic heterocycles. The summed E-state index contributed by atoms with van der Waals surface area (Å²) in [6, 6.07) is 0. The molecule has 1 nitrogen and oxygen atoms in total. The molecule has 0 N–H and O–H groups in total. The summed E-state index contributed by atoms with van der Waals surface area (Å²) in [6.07, 6.45) is 11.7. The van der Waals surface area contributed by atoms with E-state index in [1.165, 1.54) is 31.4 Å². The highest BCUT2D eigenvalue weighted by Gasteiger charge is 2.18. The van der Waals surface area contributed by atoms with Gasteiger partial charge in [-0.1, -0.05) is 32.3 Å². The Balaban J connectivity index is 2.40. The van der Waals surface area contributed by atoms with Gasteiger partial charge in [-0.15, -0.1) is 0 Å². The van der Waals surface area contributed by atoms with Gasteiger partial charge in [0.15, 0.2) is 11.9 Å². The molecule has 72 valence electrons. The van der Waals surface area contributed by atoms with Gasteiger partial charge in [0.1, 0.15) is 7.05 Å². The van der Waals surface area contributed by atoms with E-state index in [1.54, 1.807) is 0 Å². The standard InChI is InChI=1S/C12H20N/c1-4-5-6-8-12-9-7-10-13(3)11(12)2/h7,9-10,12H,2,4-6,8H2,1,3H3/q+1. The molecule has 1 atom stereocenters. The fraction of sp³-hybridized carbons (Fsp3) is 0.583. The monoisotopic (exact) mass is 178 g/mol. The van der Waals surface area contributed by atoms with Crippen molar-refractivity contribution in [3.05, 3.63) is 24.4 Å². The highest BCUT2D eigenvalue weighted by atomic mass is 15.0. The summed E-state index contributed by atoms with van der Waals surface area (Å²) < 4.78 is 2.12. The Morgan fingerprint density at radius 1 is 1.46 bits per heavy atom. The van der Waals surface area contributed by atoms with E-state index in [9.17, 15) is 0 Å². The van der Waals surface area contributed by atoms with E-state index in [0.29, 0.717) is 5.92 Å². The average Bonchev–Trinajstić information content (AvgIpc) is 2.13. The molecule has 0 aromatic rings. The summed E-state index contributed by atoms with van der Waals surface area (Å²) in [5.74, 6) is 0.571. The van der Waals surface area contributed by atoms with Crippen molar-refractivity contribution in [2.75, 3.05) is 7.05 Å². The normalized spacial score (nSPS) is 21.8. The van der Waals surface area contributed by atoms with Crippen molar-refractivity contribution in [3.63, 3.8) is 0 Å². The zero-order valence-electron chi connectivity index (χ0n) is 8.79. The second-order valence-electron chi connectivity index (χ2n) is 3.74. The maximum atomic E-state index is 4.10. The number of rotatable bonds is 4. The van der Waals surface area contributed by atoms with Crippen LogP contribution in [0, 0.1) is 5.92 Å². The fourth-order valence-electron chi connectivity index (χ4n) is 1.66. The first-order valence-corrected chi connectivity index (χ1v) is 5.19. The van der Waals surface area contributed by atoms with Crippen LogP contribution in [0.2, 0.25) is 0 Å². The molecule has 0 saturated carbocycles. The Morgan fingerprint density at radius 2 is 2.23 bits per heavy atom. The fourth-order valence-corrected chi connectivity index (χ4v) is 1.66. The predicted octanol–water partition coefficient (Wildman–Crippen LogP) is 2.98. The molecule has 1 rings (SSSR count). The minimum Gasteiger partial charge on any atom is -0.205 e. The molecule has 1 unspecified atom stereocenters. The van der Waals surface area contributed by atoms with Crippen LogP contribution >= 0.6 is 0 Å². The van der Waals surface area contributed by atoms with Gasteiger partial charge in [0.05, 0.1) is 5.92 Å². The van der Waals surface area contributed by atoms with Crippen molar-refractivity contribution in [3.8, 4) is 0 Å². The molecule has 1 aliphatic rings. The Morgan fingerprint density at radius 3 is 2.92 bits per heavy atom. The third-order valence-corrected chi connectivity index (χ3v) is 2.65. The lowest BCUT2D eigenvalue weighted by molar-refractivity contribution is -0.445. The summed E-state index contributed by atoms with van der Waals surface area (Å²) in [4.78, 5) is 0. The molecule has 0 fully saturated rings. The van der Waals surface area contributed by atoms with Crippen molar-refractivity contribution in [1.29, 1.82) is 0 Å². The van der Waals surface area contributed by atoms with E-state index in [4.69, 9.17) is 0 Å². The smallest absolute Gasteiger partial charge is 0.180 e. The van der Waals surface area contributed by atoms with Gasteiger partial charge in [-0.2, -0.15) is 0 Å². The predicted molar refractivity (Wildman–Crippen MR) is 58.2 cm³/mol. The van der Waals surface area contributed by atoms with Crippen molar-refractivity contribution >= 4 is 6.21 Å². The van der Waals surface area contributed by atoms with Gasteiger partial charge in [0.25, 0.3) is 0 Å². The first-order valence-electron chi connectivity index (χ1n) is 5.19. The quantitative estimate of drug-likeness (QED) is 0.460. The van der Waals surface area contributed by atoms with Crippen LogP contribution in [0.3, 0.4) is 0 Å². The van der Waals surface area contributed by atoms with Gasteiger partial charge in [-0.3, -0.25) is 0 Å². The SMILES string of the molecule is C=C1C(CCCCC)C=CC=[N+]1C. The highest BCUT2D eigenvalue weighted by molar-refractivity contribution is 5.67. The van der Waals surface area contributed by atoms with Gasteiger partial charge in [0, 0.05) is 0 Å². The number of allylic oxidation sites excluding steroid dienone is 2. The molecule has 0 radical (unpaired) electrons. The highest BCUT2D eigenvalue weighted by Crippen LogP contribution is 2.20. The molecule has 0 amide bonds. The first kappa shape index (κ1) is 10.2. The molecule has 1 aliphatic heterocycles. The summed E-state index contributed by atoms with van der Waals surface area (Å²) in [7, 11) is 2.07. The van der Waals surface area contributed by atoms with E-state index < -0.39 is 0 Å². The van der Waals surface area contributed by atoms with Crippen molar-refractivity contribution < 1.29 is 4.58 Å². The molecule has 1 heteroatoms. The summed E-state index contributed by atoms with van der Waals surface area (Å²) in [5.41, 5.74) is 1.23. The molecule has 0 aromatic carbocycles. The molecule has 1 heterocycles. The molecular weight excluding hydrogens is 158 g/mol. The van der Waals surface area contributed by atoms with E-state index in [0.717, 1.165) is 0 Å². The molecule has 0 aliphatic carbocycles. The van der Waals surface area contributed by atoms with Crippen molar-refractivity contribution in [1.82, 2.24) is 0 Å². The summed E-state index contributed by atoms with van der Waals surface area (Å²) in [5, 5.41) is 0. The van der Waals surface area contributed by atoms with Gasteiger partial charge in [-0.05, 0) is 19.1 Å². The van der Waals surface area contributed by atoms with Crippen LogP contribution in [-0.2, 0) is 0 Å². The summed E-state index contributed by atoms with van der Waals surface area (Å²) >= 11 is 0. The van der Waals surface area contributed by atoms with Gasteiger partial charge in [-0.25, -0.2) is 4.58 Å². The minimum absolute atomic E-state index is 0.571. The van der Waals surface area contributed by atoms with Crippen LogP contribution in [-0.4, -0.2) is 17.8 Å². The lowest BCUT2D eigenvalue weighted by Crippen LogP contribution is -2.16. The first-order chi connectivity index (χ1) is 6.25. The van der Waals surface area contributed by atoms with E-state index >= 15 is 0 Å². The van der Waals surface area contributed by atoms with Crippen molar-refractivity contribution in [2.24, 2.45) is 5.92 Å². The van der Waals surface area contributed by atoms with Crippen molar-refractivity contribution in [2.45, 2.75) is 32.6 Å². The zero-order valence-corrected chi connectivity index (χ0v) is 8.79. The second kappa shape index (κ2) is 5.00. The number of hydrogen-bond acceptors (Lipinski definition) is 0. The molecular formula is C12H20N+. The Labute approximate surface area is 81.5 Å². The Bertz CT molecular complexity index is 236. The number of unbranched alkanes of at least 4 members (excludes halogenated alkanes) is 2. The molecule has 0 spiro atoms. The number of hydrogen-bond donors (Lipinski definition) is 0. The van der Waals surface area contributed by atoms with Crippen LogP contribution in [0.1, 0.15) is 32.6 Å².